The number of nitrogens with one attached hydrogen (secondary N) is 1. The maximum Gasteiger partial charge on any atom is 0.279 e. The van der Waals surface area contributed by atoms with E-state index in [-0.39, 0.29) is 4.75 Å². The normalized spacial score (nSPS) is 27.6. The van der Waals surface area contributed by atoms with Gasteiger partial charge in [0.2, 0.25) is 0 Å². The van der Waals surface area contributed by atoms with Crippen molar-refractivity contribution in [3.8, 4) is 0 Å². The maximum absolute atomic E-state index is 12.5. The van der Waals surface area contributed by atoms with Gasteiger partial charge in [-0.05, 0) is 44.4 Å². The molecule has 0 radical (unpaired) electrons. The SMILES string of the molecule is CSC1(CNS(=O)(=O)N2CCCC(CN)C2)CCCCC1. The summed E-state index contributed by atoms with van der Waals surface area (Å²) in [5.74, 6) is 0.305. The second-order valence-corrected chi connectivity index (χ2v) is 9.41. The van der Waals surface area contributed by atoms with E-state index in [4.69, 9.17) is 5.73 Å². The highest BCUT2D eigenvalue weighted by Gasteiger charge is 2.34. The Morgan fingerprint density at radius 1 is 1.29 bits per heavy atom. The zero-order valence-corrected chi connectivity index (χ0v) is 14.6. The number of piperidine rings is 1. The minimum atomic E-state index is -3.36. The summed E-state index contributed by atoms with van der Waals surface area (Å²) >= 11 is 1.82. The van der Waals surface area contributed by atoms with Crippen LogP contribution in [0.3, 0.4) is 0 Å². The summed E-state index contributed by atoms with van der Waals surface area (Å²) in [6.07, 6.45) is 9.98. The van der Waals surface area contributed by atoms with Gasteiger partial charge in [0, 0.05) is 24.4 Å². The van der Waals surface area contributed by atoms with Crippen molar-refractivity contribution in [1.29, 1.82) is 0 Å². The molecule has 0 spiro atoms. The molecule has 2 rings (SSSR count). The predicted molar refractivity (Wildman–Crippen MR) is 89.6 cm³/mol. The number of nitrogens with two attached hydrogens (primary N) is 1. The molecule has 1 heterocycles. The highest BCUT2D eigenvalue weighted by molar-refractivity contribution is 8.00. The summed E-state index contributed by atoms with van der Waals surface area (Å²) in [5, 5.41) is 0. The summed E-state index contributed by atoms with van der Waals surface area (Å²) in [5.41, 5.74) is 5.70. The van der Waals surface area contributed by atoms with Gasteiger partial charge in [-0.1, -0.05) is 19.3 Å². The van der Waals surface area contributed by atoms with Gasteiger partial charge in [0.1, 0.15) is 0 Å². The van der Waals surface area contributed by atoms with Crippen LogP contribution in [0.25, 0.3) is 0 Å². The van der Waals surface area contributed by atoms with Crippen LogP contribution in [0.15, 0.2) is 0 Å². The zero-order valence-electron chi connectivity index (χ0n) is 13.0. The van der Waals surface area contributed by atoms with Crippen LogP contribution in [-0.2, 0) is 10.2 Å². The molecule has 3 N–H and O–H groups in total. The third-order valence-electron chi connectivity index (χ3n) is 4.93. The zero-order chi connectivity index (χ0) is 15.3. The average Bonchev–Trinajstić information content (AvgIpc) is 2.54. The Morgan fingerprint density at radius 2 is 2.00 bits per heavy atom. The monoisotopic (exact) mass is 335 g/mol. The molecule has 0 aromatic heterocycles. The second kappa shape index (κ2) is 7.64. The summed E-state index contributed by atoms with van der Waals surface area (Å²) in [6.45, 7) is 2.32. The van der Waals surface area contributed by atoms with Gasteiger partial charge in [0.25, 0.3) is 10.2 Å². The fraction of sp³-hybridized carbons (Fsp3) is 1.00. The third kappa shape index (κ3) is 4.58. The molecule has 0 amide bonds. The number of thioether (sulfide) groups is 1. The van der Waals surface area contributed by atoms with Crippen LogP contribution >= 0.6 is 11.8 Å². The Bertz CT molecular complexity index is 422. The topological polar surface area (TPSA) is 75.4 Å². The van der Waals surface area contributed by atoms with Gasteiger partial charge in [-0.25, -0.2) is 4.72 Å². The molecular weight excluding hydrogens is 306 g/mol. The largest absolute Gasteiger partial charge is 0.330 e. The van der Waals surface area contributed by atoms with Crippen LogP contribution in [-0.4, -0.2) is 49.9 Å². The summed E-state index contributed by atoms with van der Waals surface area (Å²) < 4.78 is 29.6. The minimum absolute atomic E-state index is 0.0916. The Labute approximate surface area is 133 Å². The van der Waals surface area contributed by atoms with Crippen molar-refractivity contribution in [1.82, 2.24) is 9.03 Å². The van der Waals surface area contributed by atoms with Gasteiger partial charge in [0.05, 0.1) is 0 Å². The van der Waals surface area contributed by atoms with E-state index in [1.165, 1.54) is 19.3 Å². The molecule has 2 fully saturated rings. The highest BCUT2D eigenvalue weighted by atomic mass is 32.2. The molecule has 5 nitrogen and oxygen atoms in total. The number of nitrogens with zero attached hydrogens (tertiary/aromatic N) is 1. The quantitative estimate of drug-likeness (QED) is 0.772. The smallest absolute Gasteiger partial charge is 0.279 e. The lowest BCUT2D eigenvalue weighted by atomic mass is 9.88. The Balaban J connectivity index is 1.93. The van der Waals surface area contributed by atoms with E-state index >= 15 is 0 Å². The fourth-order valence-corrected chi connectivity index (χ4v) is 5.82. The van der Waals surface area contributed by atoms with Crippen LogP contribution in [0.5, 0.6) is 0 Å². The highest BCUT2D eigenvalue weighted by Crippen LogP contribution is 2.38. The maximum atomic E-state index is 12.5. The lowest BCUT2D eigenvalue weighted by Gasteiger charge is -2.37. The van der Waals surface area contributed by atoms with Crippen molar-refractivity contribution in [3.05, 3.63) is 0 Å². The second-order valence-electron chi connectivity index (χ2n) is 6.38. The van der Waals surface area contributed by atoms with E-state index in [9.17, 15) is 8.42 Å². The van der Waals surface area contributed by atoms with Gasteiger partial charge < -0.3 is 5.73 Å². The molecule has 21 heavy (non-hydrogen) atoms. The van der Waals surface area contributed by atoms with Gasteiger partial charge >= 0.3 is 0 Å². The fourth-order valence-electron chi connectivity index (χ4n) is 3.40. The van der Waals surface area contributed by atoms with E-state index in [1.807, 2.05) is 11.8 Å². The van der Waals surface area contributed by atoms with Crippen molar-refractivity contribution < 1.29 is 8.42 Å². The van der Waals surface area contributed by atoms with E-state index in [0.717, 1.165) is 25.7 Å². The van der Waals surface area contributed by atoms with Crippen LogP contribution in [0.1, 0.15) is 44.9 Å². The Morgan fingerprint density at radius 3 is 2.62 bits per heavy atom. The lowest BCUT2D eigenvalue weighted by Crippen LogP contribution is -2.50. The summed E-state index contributed by atoms with van der Waals surface area (Å²) in [6, 6.07) is 0. The number of hydrogen-bond acceptors (Lipinski definition) is 4. The van der Waals surface area contributed by atoms with Crippen molar-refractivity contribution >= 4 is 22.0 Å². The molecule has 0 bridgehead atoms. The van der Waals surface area contributed by atoms with Crippen LogP contribution < -0.4 is 10.5 Å². The van der Waals surface area contributed by atoms with Gasteiger partial charge in [-0.15, -0.1) is 0 Å². The first-order valence-corrected chi connectivity index (χ1v) is 10.7. The average molecular weight is 336 g/mol. The molecule has 2 aliphatic rings. The predicted octanol–water partition coefficient (Wildman–Crippen LogP) is 1.56. The van der Waals surface area contributed by atoms with Gasteiger partial charge in [0.15, 0.2) is 0 Å². The van der Waals surface area contributed by atoms with E-state index < -0.39 is 10.2 Å². The molecule has 0 aromatic carbocycles. The molecule has 1 unspecified atom stereocenters. The lowest BCUT2D eigenvalue weighted by molar-refractivity contribution is 0.267. The molecule has 124 valence electrons. The molecule has 7 heteroatoms. The van der Waals surface area contributed by atoms with Crippen molar-refractivity contribution in [3.63, 3.8) is 0 Å². The molecular formula is C14H29N3O2S2. The van der Waals surface area contributed by atoms with Crippen LogP contribution in [0, 0.1) is 5.92 Å². The molecule has 1 saturated heterocycles. The third-order valence-corrected chi connectivity index (χ3v) is 7.87. The molecule has 0 aromatic rings. The first kappa shape index (κ1) is 17.5. The molecule has 1 atom stereocenters. The van der Waals surface area contributed by atoms with Crippen molar-refractivity contribution in [2.45, 2.75) is 49.7 Å². The van der Waals surface area contributed by atoms with E-state index in [0.29, 0.717) is 32.1 Å². The van der Waals surface area contributed by atoms with Gasteiger partial charge in [-0.3, -0.25) is 0 Å². The summed E-state index contributed by atoms with van der Waals surface area (Å²) in [7, 11) is -3.36. The standard InChI is InChI=1S/C14H29N3O2S2/c1-20-14(7-3-2-4-8-14)12-16-21(18,19)17-9-5-6-13(10-15)11-17/h13,16H,2-12,15H2,1H3. The van der Waals surface area contributed by atoms with Crippen LogP contribution in [0.2, 0.25) is 0 Å². The summed E-state index contributed by atoms with van der Waals surface area (Å²) in [4.78, 5) is 0. The van der Waals surface area contributed by atoms with Crippen molar-refractivity contribution in [2.75, 3.05) is 32.4 Å². The molecule has 1 aliphatic carbocycles. The molecule has 1 aliphatic heterocycles. The Hall–Kier alpha value is 0.180. The van der Waals surface area contributed by atoms with Crippen molar-refractivity contribution in [2.24, 2.45) is 11.7 Å². The van der Waals surface area contributed by atoms with E-state index in [2.05, 4.69) is 11.0 Å². The number of hydrogen-bond donors (Lipinski definition) is 2. The van der Waals surface area contributed by atoms with Gasteiger partial charge in [-0.2, -0.15) is 24.5 Å². The van der Waals surface area contributed by atoms with Crippen LogP contribution in [0.4, 0.5) is 0 Å². The minimum Gasteiger partial charge on any atom is -0.330 e. The number of rotatable bonds is 6. The Kier molecular flexibility index (Phi) is 6.38. The molecule has 1 saturated carbocycles. The first-order chi connectivity index (χ1) is 10.0. The first-order valence-electron chi connectivity index (χ1n) is 8.01. The van der Waals surface area contributed by atoms with E-state index in [1.54, 1.807) is 4.31 Å².